The lowest BCUT2D eigenvalue weighted by Gasteiger charge is -2.27. The van der Waals surface area contributed by atoms with E-state index in [1.165, 1.54) is 0 Å². The number of ether oxygens (including phenoxy) is 1. The van der Waals surface area contributed by atoms with E-state index in [-0.39, 0.29) is 11.7 Å². The van der Waals surface area contributed by atoms with Crippen molar-refractivity contribution in [3.63, 3.8) is 0 Å². The van der Waals surface area contributed by atoms with E-state index in [1.54, 1.807) is 4.90 Å². The van der Waals surface area contributed by atoms with Crippen molar-refractivity contribution in [2.45, 2.75) is 57.7 Å². The van der Waals surface area contributed by atoms with Crippen LogP contribution in [0, 0.1) is 0 Å². The van der Waals surface area contributed by atoms with Gasteiger partial charge in [0.25, 0.3) is 0 Å². The third-order valence-electron chi connectivity index (χ3n) is 3.33. The molecule has 0 bridgehead atoms. The molecule has 2 aliphatic heterocycles. The molecular formula is C13H22N2O3. The molecule has 102 valence electrons. The summed E-state index contributed by atoms with van der Waals surface area (Å²) in [5.41, 5.74) is -0.606. The number of hydrogen-bond donors (Lipinski definition) is 0. The van der Waals surface area contributed by atoms with Gasteiger partial charge in [-0.15, -0.1) is 0 Å². The first-order chi connectivity index (χ1) is 8.40. The Morgan fingerprint density at radius 2 is 2.17 bits per heavy atom. The topological polar surface area (TPSA) is 51.1 Å². The zero-order valence-corrected chi connectivity index (χ0v) is 11.4. The molecule has 1 amide bonds. The van der Waals surface area contributed by atoms with Gasteiger partial charge in [0.15, 0.2) is 0 Å². The fourth-order valence-electron chi connectivity index (χ4n) is 2.36. The van der Waals surface area contributed by atoms with E-state index in [0.29, 0.717) is 6.54 Å². The van der Waals surface area contributed by atoms with E-state index in [0.717, 1.165) is 32.2 Å². The van der Waals surface area contributed by atoms with Gasteiger partial charge in [-0.05, 0) is 33.6 Å². The summed E-state index contributed by atoms with van der Waals surface area (Å²) in [6.45, 7) is 7.08. The predicted molar refractivity (Wildman–Crippen MR) is 68.6 cm³/mol. The van der Waals surface area contributed by atoms with Crippen LogP contribution in [0.15, 0.2) is 5.16 Å². The van der Waals surface area contributed by atoms with Crippen LogP contribution in [0.25, 0.3) is 0 Å². The van der Waals surface area contributed by atoms with Crippen LogP contribution in [0.1, 0.15) is 46.5 Å². The minimum atomic E-state index is -0.436. The van der Waals surface area contributed by atoms with Crippen LogP contribution in [-0.4, -0.2) is 41.5 Å². The normalized spacial score (nSPS) is 28.1. The second kappa shape index (κ2) is 4.78. The number of amides is 1. The maximum absolute atomic E-state index is 12.0. The van der Waals surface area contributed by atoms with Gasteiger partial charge in [-0.3, -0.25) is 0 Å². The van der Waals surface area contributed by atoms with Crippen molar-refractivity contribution in [3.8, 4) is 0 Å². The molecule has 2 heterocycles. The Bertz CT molecular complexity index is 339. The van der Waals surface area contributed by atoms with Gasteiger partial charge in [0.1, 0.15) is 11.2 Å². The van der Waals surface area contributed by atoms with E-state index in [1.807, 2.05) is 27.0 Å². The SMILES string of the molecule is CC(C)(C)OC(=O)N1CCCC2(CC=NO2)CC1. The van der Waals surface area contributed by atoms with Gasteiger partial charge >= 0.3 is 6.09 Å². The van der Waals surface area contributed by atoms with Crippen molar-refractivity contribution < 1.29 is 14.4 Å². The number of carbonyl (C=O) groups excluding carboxylic acids is 1. The fourth-order valence-corrected chi connectivity index (χ4v) is 2.36. The highest BCUT2D eigenvalue weighted by Gasteiger charge is 2.38. The van der Waals surface area contributed by atoms with Crippen molar-refractivity contribution in [2.75, 3.05) is 13.1 Å². The second-order valence-electron chi connectivity index (χ2n) is 6.09. The zero-order valence-electron chi connectivity index (χ0n) is 11.4. The molecule has 1 atom stereocenters. The van der Waals surface area contributed by atoms with Crippen LogP contribution in [0.5, 0.6) is 0 Å². The first-order valence-electron chi connectivity index (χ1n) is 6.58. The molecule has 1 unspecified atom stereocenters. The van der Waals surface area contributed by atoms with Crippen LogP contribution >= 0.6 is 0 Å². The molecule has 1 fully saturated rings. The average Bonchev–Trinajstić information content (AvgIpc) is 2.57. The number of hydrogen-bond acceptors (Lipinski definition) is 4. The number of oxime groups is 1. The molecule has 5 heteroatoms. The highest BCUT2D eigenvalue weighted by molar-refractivity contribution is 5.68. The van der Waals surface area contributed by atoms with Crippen LogP contribution in [0.3, 0.4) is 0 Å². The molecule has 0 aromatic carbocycles. The van der Waals surface area contributed by atoms with Crippen LogP contribution < -0.4 is 0 Å². The maximum atomic E-state index is 12.0. The van der Waals surface area contributed by atoms with E-state index in [2.05, 4.69) is 5.16 Å². The quantitative estimate of drug-likeness (QED) is 0.667. The summed E-state index contributed by atoms with van der Waals surface area (Å²) in [4.78, 5) is 19.3. The number of likely N-dealkylation sites (tertiary alicyclic amines) is 1. The molecule has 2 aliphatic rings. The summed E-state index contributed by atoms with van der Waals surface area (Å²) in [6.07, 6.45) is 5.16. The molecule has 18 heavy (non-hydrogen) atoms. The average molecular weight is 254 g/mol. The minimum absolute atomic E-state index is 0.170. The lowest BCUT2D eigenvalue weighted by molar-refractivity contribution is -0.0298. The Kier molecular flexibility index (Phi) is 3.50. The standard InChI is InChI=1S/C13H22N2O3/c1-12(2,3)17-11(16)15-9-4-5-13(7-10-15)6-8-14-18-13/h8H,4-7,9-10H2,1-3H3. The molecule has 0 aliphatic carbocycles. The Labute approximate surface area is 108 Å². The number of rotatable bonds is 0. The minimum Gasteiger partial charge on any atom is -0.444 e. The first kappa shape index (κ1) is 13.2. The first-order valence-corrected chi connectivity index (χ1v) is 6.58. The summed E-state index contributed by atoms with van der Waals surface area (Å²) < 4.78 is 5.40. The number of nitrogens with zero attached hydrogens (tertiary/aromatic N) is 2. The van der Waals surface area contributed by atoms with Crippen LogP contribution in [-0.2, 0) is 9.57 Å². The molecule has 2 rings (SSSR count). The van der Waals surface area contributed by atoms with Crippen molar-refractivity contribution in [2.24, 2.45) is 5.16 Å². The highest BCUT2D eigenvalue weighted by Crippen LogP contribution is 2.32. The largest absolute Gasteiger partial charge is 0.444 e. The second-order valence-corrected chi connectivity index (χ2v) is 6.09. The van der Waals surface area contributed by atoms with Crippen LogP contribution in [0.2, 0.25) is 0 Å². The monoisotopic (exact) mass is 254 g/mol. The van der Waals surface area contributed by atoms with E-state index < -0.39 is 5.60 Å². The molecule has 1 saturated heterocycles. The van der Waals surface area contributed by atoms with E-state index in [4.69, 9.17) is 9.57 Å². The third kappa shape index (κ3) is 3.15. The van der Waals surface area contributed by atoms with Gasteiger partial charge in [-0.2, -0.15) is 0 Å². The van der Waals surface area contributed by atoms with Crippen molar-refractivity contribution in [1.82, 2.24) is 4.90 Å². The Balaban J connectivity index is 1.91. The summed E-state index contributed by atoms with van der Waals surface area (Å²) in [6, 6.07) is 0. The van der Waals surface area contributed by atoms with E-state index >= 15 is 0 Å². The fraction of sp³-hybridized carbons (Fsp3) is 0.846. The van der Waals surface area contributed by atoms with Crippen LogP contribution in [0.4, 0.5) is 4.79 Å². The lowest BCUT2D eigenvalue weighted by atomic mass is 9.92. The highest BCUT2D eigenvalue weighted by atomic mass is 16.7. The Morgan fingerprint density at radius 3 is 2.78 bits per heavy atom. The zero-order chi connectivity index (χ0) is 13.2. The third-order valence-corrected chi connectivity index (χ3v) is 3.33. The molecule has 5 nitrogen and oxygen atoms in total. The van der Waals surface area contributed by atoms with E-state index in [9.17, 15) is 4.79 Å². The molecule has 0 saturated carbocycles. The number of carbonyl (C=O) groups is 1. The van der Waals surface area contributed by atoms with Gasteiger partial charge in [0.05, 0.1) is 0 Å². The maximum Gasteiger partial charge on any atom is 0.410 e. The van der Waals surface area contributed by atoms with Crippen molar-refractivity contribution in [1.29, 1.82) is 0 Å². The molecule has 0 N–H and O–H groups in total. The smallest absolute Gasteiger partial charge is 0.410 e. The molecular weight excluding hydrogens is 232 g/mol. The van der Waals surface area contributed by atoms with Gasteiger partial charge < -0.3 is 14.5 Å². The van der Waals surface area contributed by atoms with Gasteiger partial charge in [0.2, 0.25) is 0 Å². The summed E-state index contributed by atoms with van der Waals surface area (Å²) in [7, 11) is 0. The lowest BCUT2D eigenvalue weighted by Crippen LogP contribution is -2.38. The van der Waals surface area contributed by atoms with Gasteiger partial charge in [0, 0.05) is 32.1 Å². The summed E-state index contributed by atoms with van der Waals surface area (Å²) in [5, 5.41) is 3.87. The molecule has 1 spiro atoms. The Morgan fingerprint density at radius 1 is 1.39 bits per heavy atom. The summed E-state index contributed by atoms with van der Waals surface area (Å²) >= 11 is 0. The van der Waals surface area contributed by atoms with Gasteiger partial charge in [-0.25, -0.2) is 4.79 Å². The van der Waals surface area contributed by atoms with Gasteiger partial charge in [-0.1, -0.05) is 5.16 Å². The summed E-state index contributed by atoms with van der Waals surface area (Å²) in [5.74, 6) is 0. The molecule has 0 radical (unpaired) electrons. The van der Waals surface area contributed by atoms with Crippen molar-refractivity contribution >= 4 is 12.3 Å². The molecule has 0 aromatic heterocycles. The van der Waals surface area contributed by atoms with Crippen molar-refractivity contribution in [3.05, 3.63) is 0 Å². The Hall–Kier alpha value is -1.26. The molecule has 0 aromatic rings. The predicted octanol–water partition coefficient (Wildman–Crippen LogP) is 2.55.